The van der Waals surface area contributed by atoms with Crippen LogP contribution in [0.1, 0.15) is 43.4 Å². The zero-order valence-electron chi connectivity index (χ0n) is 12.3. The van der Waals surface area contributed by atoms with Crippen molar-refractivity contribution >= 4 is 5.91 Å². The summed E-state index contributed by atoms with van der Waals surface area (Å²) in [5.41, 5.74) is 9.05. The van der Waals surface area contributed by atoms with Crippen LogP contribution < -0.4 is 11.1 Å². The number of hydrogen-bond acceptors (Lipinski definition) is 2. The highest BCUT2D eigenvalue weighted by Crippen LogP contribution is 2.32. The van der Waals surface area contributed by atoms with Crippen LogP contribution >= 0.6 is 0 Å². The number of nitrogens with two attached hydrogens (primary N) is 1. The number of hydrogen-bond donors (Lipinski definition) is 2. The molecule has 1 amide bonds. The lowest BCUT2D eigenvalue weighted by atomic mass is 9.83. The Kier molecular flexibility index (Phi) is 3.43. The SMILES string of the molecule is Cc1ccc(C(C)(C)CNC(=O)C2(N)CC2)cc1C. The van der Waals surface area contributed by atoms with Gasteiger partial charge in [-0.15, -0.1) is 0 Å². The Labute approximate surface area is 115 Å². The number of nitrogens with one attached hydrogen (secondary N) is 1. The van der Waals surface area contributed by atoms with Gasteiger partial charge in [-0.1, -0.05) is 32.0 Å². The second-order valence-corrected chi connectivity index (χ2v) is 6.52. The lowest BCUT2D eigenvalue weighted by molar-refractivity contribution is -0.123. The first kappa shape index (κ1) is 14.1. The van der Waals surface area contributed by atoms with E-state index in [0.717, 1.165) is 12.8 Å². The fourth-order valence-corrected chi connectivity index (χ4v) is 2.10. The molecule has 3 N–H and O–H groups in total. The average molecular weight is 260 g/mol. The fourth-order valence-electron chi connectivity index (χ4n) is 2.10. The van der Waals surface area contributed by atoms with Crippen LogP contribution in [-0.4, -0.2) is 18.0 Å². The molecule has 1 saturated carbocycles. The summed E-state index contributed by atoms with van der Waals surface area (Å²) >= 11 is 0. The first-order valence-electron chi connectivity index (χ1n) is 6.90. The van der Waals surface area contributed by atoms with Gasteiger partial charge in [0.1, 0.15) is 0 Å². The molecule has 1 aliphatic rings. The predicted molar refractivity (Wildman–Crippen MR) is 78.1 cm³/mol. The topological polar surface area (TPSA) is 55.1 Å². The quantitative estimate of drug-likeness (QED) is 0.872. The second kappa shape index (κ2) is 4.64. The average Bonchev–Trinajstić information content (AvgIpc) is 3.09. The fraction of sp³-hybridized carbons (Fsp3) is 0.562. The lowest BCUT2D eigenvalue weighted by Gasteiger charge is -2.27. The second-order valence-electron chi connectivity index (χ2n) is 6.52. The summed E-state index contributed by atoms with van der Waals surface area (Å²) in [5, 5.41) is 2.99. The molecule has 3 heteroatoms. The maximum Gasteiger partial charge on any atom is 0.240 e. The third-order valence-electron chi connectivity index (χ3n) is 4.22. The Morgan fingerprint density at radius 2 is 1.95 bits per heavy atom. The van der Waals surface area contributed by atoms with Crippen molar-refractivity contribution < 1.29 is 4.79 Å². The van der Waals surface area contributed by atoms with Crippen LogP contribution in [0.5, 0.6) is 0 Å². The maximum absolute atomic E-state index is 11.9. The summed E-state index contributed by atoms with van der Waals surface area (Å²) in [4.78, 5) is 11.9. The van der Waals surface area contributed by atoms with E-state index in [0.29, 0.717) is 6.54 Å². The van der Waals surface area contributed by atoms with E-state index in [-0.39, 0.29) is 11.3 Å². The highest BCUT2D eigenvalue weighted by Gasteiger charge is 2.46. The number of rotatable bonds is 4. The van der Waals surface area contributed by atoms with Crippen molar-refractivity contribution in [2.45, 2.75) is 51.5 Å². The van der Waals surface area contributed by atoms with Gasteiger partial charge >= 0.3 is 0 Å². The van der Waals surface area contributed by atoms with E-state index in [1.165, 1.54) is 16.7 Å². The van der Waals surface area contributed by atoms with Gasteiger partial charge in [-0.05, 0) is 43.4 Å². The summed E-state index contributed by atoms with van der Waals surface area (Å²) in [6.45, 7) is 9.14. The van der Waals surface area contributed by atoms with Crippen LogP contribution in [0.15, 0.2) is 18.2 Å². The molecular formula is C16H24N2O. The van der Waals surface area contributed by atoms with E-state index in [1.54, 1.807) is 0 Å². The highest BCUT2D eigenvalue weighted by atomic mass is 16.2. The summed E-state index contributed by atoms with van der Waals surface area (Å²) in [5.74, 6) is -0.00981. The van der Waals surface area contributed by atoms with E-state index in [4.69, 9.17) is 5.73 Å². The minimum atomic E-state index is -0.584. The van der Waals surface area contributed by atoms with Gasteiger partial charge in [0.15, 0.2) is 0 Å². The van der Waals surface area contributed by atoms with Gasteiger partial charge in [0.2, 0.25) is 5.91 Å². The van der Waals surface area contributed by atoms with Gasteiger partial charge in [-0.2, -0.15) is 0 Å². The number of benzene rings is 1. The molecule has 3 nitrogen and oxygen atoms in total. The van der Waals surface area contributed by atoms with Gasteiger partial charge in [-0.3, -0.25) is 4.79 Å². The van der Waals surface area contributed by atoms with Crippen LogP contribution in [-0.2, 0) is 10.2 Å². The zero-order chi connectivity index (χ0) is 14.3. The summed E-state index contributed by atoms with van der Waals surface area (Å²) in [6, 6.07) is 6.49. The molecule has 2 rings (SSSR count). The van der Waals surface area contributed by atoms with Gasteiger partial charge in [0.05, 0.1) is 5.54 Å². The molecule has 0 spiro atoms. The molecular weight excluding hydrogens is 236 g/mol. The standard InChI is InChI=1S/C16H24N2O/c1-11-5-6-13(9-12(11)2)15(3,4)10-18-14(19)16(17)7-8-16/h5-6,9H,7-8,10,17H2,1-4H3,(H,18,19). The number of aryl methyl sites for hydroxylation is 2. The van der Waals surface area contributed by atoms with Crippen molar-refractivity contribution in [2.75, 3.05) is 6.54 Å². The van der Waals surface area contributed by atoms with E-state index in [2.05, 4.69) is 51.2 Å². The van der Waals surface area contributed by atoms with Crippen LogP contribution in [0, 0.1) is 13.8 Å². The van der Waals surface area contributed by atoms with E-state index >= 15 is 0 Å². The van der Waals surface area contributed by atoms with Gasteiger partial charge in [0, 0.05) is 12.0 Å². The summed E-state index contributed by atoms with van der Waals surface area (Å²) < 4.78 is 0. The third-order valence-corrected chi connectivity index (χ3v) is 4.22. The lowest BCUT2D eigenvalue weighted by Crippen LogP contribution is -2.46. The molecule has 104 valence electrons. The predicted octanol–water partition coefficient (Wildman–Crippen LogP) is 2.19. The first-order valence-corrected chi connectivity index (χ1v) is 6.90. The molecule has 1 aromatic carbocycles. The molecule has 0 aliphatic heterocycles. The normalized spacial score (nSPS) is 17.1. The molecule has 1 aromatic rings. The Hall–Kier alpha value is -1.35. The molecule has 0 bridgehead atoms. The van der Waals surface area contributed by atoms with E-state index < -0.39 is 5.54 Å². The molecule has 0 atom stereocenters. The van der Waals surface area contributed by atoms with Crippen LogP contribution in [0.2, 0.25) is 0 Å². The third kappa shape index (κ3) is 2.98. The monoisotopic (exact) mass is 260 g/mol. The van der Waals surface area contributed by atoms with Crippen LogP contribution in [0.4, 0.5) is 0 Å². The van der Waals surface area contributed by atoms with Crippen molar-refractivity contribution in [3.63, 3.8) is 0 Å². The largest absolute Gasteiger partial charge is 0.354 e. The number of amides is 1. The molecule has 1 fully saturated rings. The van der Waals surface area contributed by atoms with Gasteiger partial charge in [0.25, 0.3) is 0 Å². The molecule has 1 aliphatic carbocycles. The van der Waals surface area contributed by atoms with Crippen molar-refractivity contribution in [3.05, 3.63) is 34.9 Å². The Morgan fingerprint density at radius 1 is 1.32 bits per heavy atom. The molecule has 0 heterocycles. The van der Waals surface area contributed by atoms with Crippen molar-refractivity contribution in [1.29, 1.82) is 0 Å². The van der Waals surface area contributed by atoms with E-state index in [9.17, 15) is 4.79 Å². The number of carbonyl (C=O) groups excluding carboxylic acids is 1. The summed E-state index contributed by atoms with van der Waals surface area (Å²) in [7, 11) is 0. The smallest absolute Gasteiger partial charge is 0.240 e. The molecule has 0 unspecified atom stereocenters. The van der Waals surface area contributed by atoms with Gasteiger partial charge < -0.3 is 11.1 Å². The van der Waals surface area contributed by atoms with Crippen molar-refractivity contribution in [2.24, 2.45) is 5.73 Å². The van der Waals surface area contributed by atoms with Crippen molar-refractivity contribution in [1.82, 2.24) is 5.32 Å². The molecule has 0 aromatic heterocycles. The van der Waals surface area contributed by atoms with E-state index in [1.807, 2.05) is 0 Å². The van der Waals surface area contributed by atoms with Crippen molar-refractivity contribution in [3.8, 4) is 0 Å². The van der Waals surface area contributed by atoms with Gasteiger partial charge in [-0.25, -0.2) is 0 Å². The van der Waals surface area contributed by atoms with Crippen LogP contribution in [0.3, 0.4) is 0 Å². The Balaban J connectivity index is 2.04. The Morgan fingerprint density at radius 3 is 2.47 bits per heavy atom. The minimum absolute atomic E-state index is 0.00981. The zero-order valence-corrected chi connectivity index (χ0v) is 12.3. The maximum atomic E-state index is 11.9. The molecule has 0 saturated heterocycles. The first-order chi connectivity index (χ1) is 8.74. The Bertz CT molecular complexity index is 501. The van der Waals surface area contributed by atoms with Crippen LogP contribution in [0.25, 0.3) is 0 Å². The highest BCUT2D eigenvalue weighted by molar-refractivity contribution is 5.89. The summed E-state index contributed by atoms with van der Waals surface area (Å²) in [6.07, 6.45) is 1.62. The minimum Gasteiger partial charge on any atom is -0.354 e. The molecule has 0 radical (unpaired) electrons. The molecule has 19 heavy (non-hydrogen) atoms. The number of carbonyl (C=O) groups is 1.